The lowest BCUT2D eigenvalue weighted by atomic mass is 10.1. The molecule has 1 N–H and O–H groups in total. The predicted molar refractivity (Wildman–Crippen MR) is 130 cm³/mol. The van der Waals surface area contributed by atoms with Crippen LogP contribution in [0.1, 0.15) is 24.4 Å². The predicted octanol–water partition coefficient (Wildman–Crippen LogP) is 4.12. The molecular formula is C25H27N5O2S. The van der Waals surface area contributed by atoms with Crippen molar-refractivity contribution in [2.75, 3.05) is 26.7 Å². The maximum Gasteiger partial charge on any atom is 0.240 e. The zero-order chi connectivity index (χ0) is 22.6. The molecule has 4 aromatic rings. The molecule has 2 aromatic carbocycles. The van der Waals surface area contributed by atoms with E-state index in [-0.39, 0.29) is 18.5 Å². The van der Waals surface area contributed by atoms with Crippen molar-refractivity contribution in [2.45, 2.75) is 25.4 Å². The number of carbonyl (C=O) groups excluding carboxylic acids is 1. The quantitative estimate of drug-likeness (QED) is 0.427. The van der Waals surface area contributed by atoms with Crippen LogP contribution in [0.5, 0.6) is 5.75 Å². The summed E-state index contributed by atoms with van der Waals surface area (Å²) >= 11 is 1.52. The lowest BCUT2D eigenvalue weighted by Crippen LogP contribution is -2.38. The number of aromatic nitrogens is 3. The molecule has 7 nitrogen and oxygen atoms in total. The van der Waals surface area contributed by atoms with Gasteiger partial charge in [0.1, 0.15) is 18.0 Å². The normalized spacial score (nSPS) is 15.1. The van der Waals surface area contributed by atoms with Crippen LogP contribution in [0.15, 0.2) is 59.4 Å². The van der Waals surface area contributed by atoms with Gasteiger partial charge in [0.25, 0.3) is 0 Å². The highest BCUT2D eigenvalue weighted by Gasteiger charge is 2.24. The summed E-state index contributed by atoms with van der Waals surface area (Å²) in [4.78, 5) is 24.7. The molecule has 8 heteroatoms. The first-order chi connectivity index (χ1) is 16.2. The highest BCUT2D eigenvalue weighted by molar-refractivity contribution is 7.07. The van der Waals surface area contributed by atoms with Gasteiger partial charge < -0.3 is 14.6 Å². The second kappa shape index (κ2) is 9.72. The van der Waals surface area contributed by atoms with E-state index < -0.39 is 0 Å². The van der Waals surface area contributed by atoms with E-state index in [1.54, 1.807) is 12.6 Å². The number of nitrogens with zero attached hydrogens (tertiary/aromatic N) is 4. The van der Waals surface area contributed by atoms with Gasteiger partial charge in [-0.15, -0.1) is 11.3 Å². The van der Waals surface area contributed by atoms with Gasteiger partial charge in [-0.25, -0.2) is 9.97 Å². The van der Waals surface area contributed by atoms with Crippen molar-refractivity contribution < 1.29 is 9.53 Å². The third kappa shape index (κ3) is 4.62. The molecule has 170 valence electrons. The fourth-order valence-electron chi connectivity index (χ4n) is 4.50. The average molecular weight is 462 g/mol. The van der Waals surface area contributed by atoms with Crippen LogP contribution >= 0.6 is 11.3 Å². The van der Waals surface area contributed by atoms with Gasteiger partial charge in [-0.2, -0.15) is 0 Å². The second-order valence-electron chi connectivity index (χ2n) is 8.22. The Labute approximate surface area is 197 Å². The fraction of sp³-hybridized carbons (Fsp3) is 0.320. The van der Waals surface area contributed by atoms with Gasteiger partial charge in [0, 0.05) is 11.9 Å². The zero-order valence-electron chi connectivity index (χ0n) is 18.6. The largest absolute Gasteiger partial charge is 0.497 e. The molecular weight excluding hydrogens is 434 g/mol. The number of ether oxygens (including phenoxy) is 1. The zero-order valence-corrected chi connectivity index (χ0v) is 19.4. The van der Waals surface area contributed by atoms with Crippen molar-refractivity contribution in [1.82, 2.24) is 24.8 Å². The highest BCUT2D eigenvalue weighted by atomic mass is 32.1. The Morgan fingerprint density at radius 1 is 1.15 bits per heavy atom. The van der Waals surface area contributed by atoms with Crippen molar-refractivity contribution in [3.63, 3.8) is 0 Å². The number of para-hydroxylation sites is 2. The maximum atomic E-state index is 13.1. The molecule has 0 bridgehead atoms. The number of hydrogen-bond acceptors (Lipinski definition) is 6. The van der Waals surface area contributed by atoms with Gasteiger partial charge in [-0.1, -0.05) is 24.3 Å². The van der Waals surface area contributed by atoms with E-state index >= 15 is 0 Å². The lowest BCUT2D eigenvalue weighted by Gasteiger charge is -2.28. The summed E-state index contributed by atoms with van der Waals surface area (Å²) in [5.74, 6) is 1.52. The lowest BCUT2D eigenvalue weighted by molar-refractivity contribution is -0.121. The van der Waals surface area contributed by atoms with E-state index in [4.69, 9.17) is 9.72 Å². The van der Waals surface area contributed by atoms with Crippen molar-refractivity contribution in [2.24, 2.45) is 0 Å². The number of amides is 1. The molecule has 2 aromatic heterocycles. The number of benzene rings is 2. The number of carbonyl (C=O) groups is 1. The smallest absolute Gasteiger partial charge is 0.240 e. The maximum absolute atomic E-state index is 13.1. The number of nitrogens with one attached hydrogen (secondary N) is 1. The van der Waals surface area contributed by atoms with E-state index in [1.165, 1.54) is 29.7 Å². The van der Waals surface area contributed by atoms with Gasteiger partial charge in [0.05, 0.1) is 29.7 Å². The van der Waals surface area contributed by atoms with Gasteiger partial charge >= 0.3 is 0 Å². The number of imidazole rings is 1. The van der Waals surface area contributed by atoms with Crippen molar-refractivity contribution in [3.8, 4) is 17.3 Å². The topological polar surface area (TPSA) is 72.3 Å². The third-order valence-electron chi connectivity index (χ3n) is 6.19. The molecule has 33 heavy (non-hydrogen) atoms. The summed E-state index contributed by atoms with van der Waals surface area (Å²) in [7, 11) is 1.67. The minimum Gasteiger partial charge on any atom is -0.497 e. The van der Waals surface area contributed by atoms with Crippen molar-refractivity contribution in [1.29, 1.82) is 0 Å². The summed E-state index contributed by atoms with van der Waals surface area (Å²) in [6, 6.07) is 16.2. The van der Waals surface area contributed by atoms with Crippen LogP contribution in [0, 0.1) is 0 Å². The Bertz CT molecular complexity index is 1210. The first kappa shape index (κ1) is 21.6. The first-order valence-corrected chi connectivity index (χ1v) is 12.2. The molecule has 1 aliphatic rings. The molecule has 1 atom stereocenters. The summed E-state index contributed by atoms with van der Waals surface area (Å²) < 4.78 is 7.27. The summed E-state index contributed by atoms with van der Waals surface area (Å²) in [5, 5.41) is 5.14. The van der Waals surface area contributed by atoms with Crippen LogP contribution in [0.2, 0.25) is 0 Å². The SMILES string of the molecule is COc1ccc([C@H](CNC(=O)Cn2c(-c3cscn3)nc3ccccc32)N2CCCC2)cc1. The van der Waals surface area contributed by atoms with Crippen LogP contribution < -0.4 is 10.1 Å². The molecule has 0 saturated carbocycles. The van der Waals surface area contributed by atoms with Crippen LogP contribution in [0.4, 0.5) is 0 Å². The molecule has 1 saturated heterocycles. The molecule has 0 aliphatic carbocycles. The standard InChI is InChI=1S/C25H27N5O2S/c1-32-19-10-8-18(9-11-19)23(29-12-4-5-13-29)14-26-24(31)15-30-22-7-3-2-6-20(22)28-25(30)21-16-33-17-27-21/h2-3,6-11,16-17,23H,4-5,12-15H2,1H3,(H,26,31)/t23-/m0/s1. The number of methoxy groups -OCH3 is 1. The minimum atomic E-state index is -0.0349. The molecule has 1 amide bonds. The van der Waals surface area contributed by atoms with Gasteiger partial charge in [0.15, 0.2) is 5.82 Å². The van der Waals surface area contributed by atoms with E-state index in [0.29, 0.717) is 6.54 Å². The van der Waals surface area contributed by atoms with Crippen molar-refractivity contribution in [3.05, 3.63) is 65.0 Å². The number of rotatable bonds is 8. The molecule has 0 spiro atoms. The molecule has 0 radical (unpaired) electrons. The van der Waals surface area contributed by atoms with Crippen LogP contribution in [0.3, 0.4) is 0 Å². The number of fused-ring (bicyclic) bond motifs is 1. The van der Waals surface area contributed by atoms with E-state index in [2.05, 4.69) is 27.3 Å². The highest BCUT2D eigenvalue weighted by Crippen LogP contribution is 2.27. The Morgan fingerprint density at radius 2 is 1.94 bits per heavy atom. The van der Waals surface area contributed by atoms with Crippen molar-refractivity contribution >= 4 is 28.3 Å². The van der Waals surface area contributed by atoms with Crippen LogP contribution in [-0.4, -0.2) is 52.1 Å². The number of hydrogen-bond donors (Lipinski definition) is 1. The molecule has 1 aliphatic heterocycles. The first-order valence-electron chi connectivity index (χ1n) is 11.2. The number of thiazole rings is 1. The van der Waals surface area contributed by atoms with E-state index in [9.17, 15) is 4.79 Å². The summed E-state index contributed by atoms with van der Waals surface area (Å²) in [6.45, 7) is 2.85. The second-order valence-corrected chi connectivity index (χ2v) is 8.94. The molecule has 5 rings (SSSR count). The average Bonchev–Trinajstić information content (AvgIpc) is 3.62. The Morgan fingerprint density at radius 3 is 2.67 bits per heavy atom. The summed E-state index contributed by atoms with van der Waals surface area (Å²) in [6.07, 6.45) is 2.39. The van der Waals surface area contributed by atoms with Gasteiger partial charge in [-0.05, 0) is 55.8 Å². The Hall–Kier alpha value is -3.23. The summed E-state index contributed by atoms with van der Waals surface area (Å²) in [5.41, 5.74) is 5.56. The Kier molecular flexibility index (Phi) is 6.37. The van der Waals surface area contributed by atoms with Gasteiger partial charge in [0.2, 0.25) is 5.91 Å². The molecule has 0 unspecified atom stereocenters. The molecule has 3 heterocycles. The Balaban J connectivity index is 1.35. The van der Waals surface area contributed by atoms with Crippen LogP contribution in [-0.2, 0) is 11.3 Å². The van der Waals surface area contributed by atoms with E-state index in [0.717, 1.165) is 41.4 Å². The monoisotopic (exact) mass is 461 g/mol. The van der Waals surface area contributed by atoms with Crippen LogP contribution in [0.25, 0.3) is 22.6 Å². The minimum absolute atomic E-state index is 0.0349. The number of likely N-dealkylation sites (tertiary alicyclic amines) is 1. The fourth-order valence-corrected chi connectivity index (χ4v) is 5.03. The third-order valence-corrected chi connectivity index (χ3v) is 6.78. The van der Waals surface area contributed by atoms with Gasteiger partial charge in [-0.3, -0.25) is 9.69 Å². The molecule has 1 fully saturated rings. The van der Waals surface area contributed by atoms with E-state index in [1.807, 2.05) is 46.3 Å².